The van der Waals surface area contributed by atoms with Crippen molar-refractivity contribution in [3.05, 3.63) is 35.9 Å². The molecule has 0 saturated carbocycles. The van der Waals surface area contributed by atoms with Crippen LogP contribution in [-0.2, 0) is 19.0 Å². The first kappa shape index (κ1) is 19.2. The molecule has 0 aromatic heterocycles. The Morgan fingerprint density at radius 1 is 1.16 bits per heavy atom. The number of hydrogen-bond acceptors (Lipinski definition) is 5. The van der Waals surface area contributed by atoms with Gasteiger partial charge < -0.3 is 14.2 Å². The number of carbonyl (C=O) groups is 2. The van der Waals surface area contributed by atoms with Crippen LogP contribution in [0.25, 0.3) is 0 Å². The Morgan fingerprint density at radius 3 is 2.24 bits per heavy atom. The largest absolute Gasteiger partial charge is 0.466 e. The molecule has 1 heterocycles. The van der Waals surface area contributed by atoms with Crippen LogP contribution in [0.2, 0.25) is 0 Å². The zero-order valence-electron chi connectivity index (χ0n) is 15.7. The van der Waals surface area contributed by atoms with Gasteiger partial charge in [-0.25, -0.2) is 9.59 Å². The Bertz CT molecular complexity index is 610. The molecule has 25 heavy (non-hydrogen) atoms. The van der Waals surface area contributed by atoms with Gasteiger partial charge in [0.25, 0.3) is 0 Å². The van der Waals surface area contributed by atoms with Crippen LogP contribution in [0, 0.1) is 0 Å². The Morgan fingerprint density at radius 2 is 1.76 bits per heavy atom. The van der Waals surface area contributed by atoms with Gasteiger partial charge in [-0.3, -0.25) is 4.90 Å². The molecule has 2 rings (SSSR count). The number of methoxy groups -OCH3 is 1. The van der Waals surface area contributed by atoms with Gasteiger partial charge in [0.15, 0.2) is 0 Å². The molecule has 6 heteroatoms. The minimum absolute atomic E-state index is 0.340. The van der Waals surface area contributed by atoms with Gasteiger partial charge in [-0.2, -0.15) is 0 Å². The van der Waals surface area contributed by atoms with Gasteiger partial charge in [0.1, 0.15) is 5.72 Å². The molecule has 1 aliphatic rings. The number of nitrogens with zero attached hydrogens (tertiary/aromatic N) is 1. The first-order valence-corrected chi connectivity index (χ1v) is 8.38. The van der Waals surface area contributed by atoms with Crippen LogP contribution in [0.15, 0.2) is 30.3 Å². The Labute approximate surface area is 149 Å². The summed E-state index contributed by atoms with van der Waals surface area (Å²) in [5.41, 5.74) is -0.448. The average Bonchev–Trinajstić information content (AvgIpc) is 2.80. The summed E-state index contributed by atoms with van der Waals surface area (Å²) in [4.78, 5) is 26.6. The first-order chi connectivity index (χ1) is 11.6. The van der Waals surface area contributed by atoms with Crippen molar-refractivity contribution in [2.45, 2.75) is 57.9 Å². The van der Waals surface area contributed by atoms with E-state index in [-0.39, 0.29) is 5.92 Å². The van der Waals surface area contributed by atoms with Crippen molar-refractivity contribution in [1.82, 2.24) is 4.90 Å². The van der Waals surface area contributed by atoms with Crippen LogP contribution < -0.4 is 0 Å². The highest BCUT2D eigenvalue weighted by Gasteiger charge is 2.50. The Hall–Kier alpha value is -2.08. The number of amides is 1. The summed E-state index contributed by atoms with van der Waals surface area (Å²) in [7, 11) is 1.29. The lowest BCUT2D eigenvalue weighted by molar-refractivity contribution is -0.153. The van der Waals surface area contributed by atoms with Gasteiger partial charge in [0, 0.05) is 5.92 Å². The fourth-order valence-corrected chi connectivity index (χ4v) is 3.24. The smallest absolute Gasteiger partial charge is 0.413 e. The predicted molar refractivity (Wildman–Crippen MR) is 93.1 cm³/mol. The van der Waals surface area contributed by atoms with Crippen molar-refractivity contribution in [2.75, 3.05) is 13.7 Å². The van der Waals surface area contributed by atoms with E-state index in [9.17, 15) is 9.59 Å². The maximum Gasteiger partial charge on any atom is 0.413 e. The van der Waals surface area contributed by atoms with Crippen molar-refractivity contribution < 1.29 is 23.8 Å². The number of benzene rings is 1. The maximum atomic E-state index is 12.9. The third-order valence-corrected chi connectivity index (χ3v) is 4.55. The van der Waals surface area contributed by atoms with Gasteiger partial charge in [0.05, 0.1) is 19.3 Å². The SMILES string of the molecule is COC(=O)[C@H](OC(=O)N1C(C)(C)COC1(C)C)[C@H](C)c1ccccc1. The maximum absolute atomic E-state index is 12.9. The van der Waals surface area contributed by atoms with Gasteiger partial charge >= 0.3 is 12.1 Å². The summed E-state index contributed by atoms with van der Waals surface area (Å²) in [6.45, 7) is 9.63. The second kappa shape index (κ2) is 7.04. The van der Waals surface area contributed by atoms with Crippen LogP contribution in [0.5, 0.6) is 0 Å². The van der Waals surface area contributed by atoms with E-state index < -0.39 is 29.4 Å². The highest BCUT2D eigenvalue weighted by atomic mass is 16.6. The highest BCUT2D eigenvalue weighted by Crippen LogP contribution is 2.36. The lowest BCUT2D eigenvalue weighted by atomic mass is 9.95. The zero-order chi connectivity index (χ0) is 18.8. The van der Waals surface area contributed by atoms with E-state index in [4.69, 9.17) is 14.2 Å². The number of rotatable bonds is 4. The summed E-state index contributed by atoms with van der Waals surface area (Å²) in [6.07, 6.45) is -1.63. The van der Waals surface area contributed by atoms with Crippen LogP contribution >= 0.6 is 0 Å². The van der Waals surface area contributed by atoms with E-state index in [1.165, 1.54) is 12.0 Å². The number of carbonyl (C=O) groups excluding carboxylic acids is 2. The Kier molecular flexibility index (Phi) is 5.42. The minimum Gasteiger partial charge on any atom is -0.466 e. The molecule has 1 amide bonds. The van der Waals surface area contributed by atoms with E-state index in [1.807, 2.05) is 51.1 Å². The van der Waals surface area contributed by atoms with Crippen LogP contribution in [0.4, 0.5) is 4.79 Å². The molecule has 0 bridgehead atoms. The molecule has 1 aliphatic heterocycles. The molecule has 1 saturated heterocycles. The van der Waals surface area contributed by atoms with Crippen molar-refractivity contribution in [3.8, 4) is 0 Å². The third-order valence-electron chi connectivity index (χ3n) is 4.55. The summed E-state index contributed by atoms with van der Waals surface area (Å²) < 4.78 is 16.2. The Balaban J connectivity index is 2.25. The molecule has 0 radical (unpaired) electrons. The molecule has 0 aliphatic carbocycles. The lowest BCUT2D eigenvalue weighted by Gasteiger charge is -2.38. The molecule has 138 valence electrons. The molecular weight excluding hydrogens is 322 g/mol. The number of hydrogen-bond donors (Lipinski definition) is 0. The van der Waals surface area contributed by atoms with Gasteiger partial charge in [-0.05, 0) is 33.3 Å². The molecule has 0 unspecified atom stereocenters. The highest BCUT2D eigenvalue weighted by molar-refractivity contribution is 5.80. The summed E-state index contributed by atoms with van der Waals surface area (Å²) in [6, 6.07) is 9.43. The molecule has 1 fully saturated rings. The molecular formula is C19H27NO5. The number of ether oxygens (including phenoxy) is 3. The fourth-order valence-electron chi connectivity index (χ4n) is 3.24. The van der Waals surface area contributed by atoms with Crippen molar-refractivity contribution in [1.29, 1.82) is 0 Å². The molecule has 0 spiro atoms. The van der Waals surface area contributed by atoms with Crippen LogP contribution in [0.3, 0.4) is 0 Å². The van der Waals surface area contributed by atoms with Gasteiger partial charge in [-0.15, -0.1) is 0 Å². The lowest BCUT2D eigenvalue weighted by Crippen LogP contribution is -2.54. The van der Waals surface area contributed by atoms with Crippen LogP contribution in [-0.4, -0.2) is 48.0 Å². The molecule has 6 nitrogen and oxygen atoms in total. The van der Waals surface area contributed by atoms with E-state index >= 15 is 0 Å². The zero-order valence-corrected chi connectivity index (χ0v) is 15.7. The van der Waals surface area contributed by atoms with E-state index in [1.54, 1.807) is 13.8 Å². The summed E-state index contributed by atoms with van der Waals surface area (Å²) in [5, 5.41) is 0. The fraction of sp³-hybridized carbons (Fsp3) is 0.579. The molecule has 1 aromatic rings. The summed E-state index contributed by atoms with van der Waals surface area (Å²) >= 11 is 0. The van der Waals surface area contributed by atoms with Crippen molar-refractivity contribution in [3.63, 3.8) is 0 Å². The molecule has 2 atom stereocenters. The van der Waals surface area contributed by atoms with E-state index in [0.717, 1.165) is 5.56 Å². The van der Waals surface area contributed by atoms with Crippen molar-refractivity contribution >= 4 is 12.1 Å². The standard InChI is InChI=1S/C19H27NO5/c1-13(14-10-8-7-9-11-14)15(16(21)23-6)25-17(22)20-18(2,3)12-24-19(20,4)5/h7-11,13,15H,12H2,1-6H3/t13-,15-/m1/s1. The number of esters is 1. The second-order valence-electron chi connectivity index (χ2n) is 7.41. The van der Waals surface area contributed by atoms with Crippen LogP contribution in [0.1, 0.15) is 46.1 Å². The average molecular weight is 349 g/mol. The normalized spacial score (nSPS) is 20.6. The summed E-state index contributed by atoms with van der Waals surface area (Å²) in [5.74, 6) is -0.923. The van der Waals surface area contributed by atoms with E-state index in [0.29, 0.717) is 6.61 Å². The van der Waals surface area contributed by atoms with Crippen molar-refractivity contribution in [2.24, 2.45) is 0 Å². The van der Waals surface area contributed by atoms with Gasteiger partial charge in [0.2, 0.25) is 6.10 Å². The van der Waals surface area contributed by atoms with Gasteiger partial charge in [-0.1, -0.05) is 37.3 Å². The predicted octanol–water partition coefficient (Wildman–Crippen LogP) is 3.32. The third kappa shape index (κ3) is 3.95. The first-order valence-electron chi connectivity index (χ1n) is 8.38. The second-order valence-corrected chi connectivity index (χ2v) is 7.41. The monoisotopic (exact) mass is 349 g/mol. The topological polar surface area (TPSA) is 65.1 Å². The van der Waals surface area contributed by atoms with E-state index in [2.05, 4.69) is 0 Å². The quantitative estimate of drug-likeness (QED) is 0.780. The molecule has 0 N–H and O–H groups in total. The molecule has 1 aromatic carbocycles. The minimum atomic E-state index is -1.04.